The van der Waals surface area contributed by atoms with E-state index in [2.05, 4.69) is 20.7 Å². The van der Waals surface area contributed by atoms with Crippen molar-refractivity contribution in [2.24, 2.45) is 0 Å². The molecule has 78 valence electrons. The van der Waals surface area contributed by atoms with Crippen LogP contribution in [0.15, 0.2) is 34.0 Å². The second-order valence-corrected chi connectivity index (χ2v) is 3.97. The number of hydrogen-bond donors (Lipinski definition) is 2. The lowest BCUT2D eigenvalue weighted by atomic mass is 10.2. The quantitative estimate of drug-likeness (QED) is 0.833. The molecule has 2 N–H and O–H groups in total. The molecule has 4 nitrogen and oxygen atoms in total. The number of aromatic nitrogens is 2. The molecular weight excluding hydrogens is 210 g/mol. The SMILES string of the molecule is CC(Nc1ncc[nH]c1=O)c1ccsc1. The number of nitrogens with zero attached hydrogens (tertiary/aromatic N) is 1. The fourth-order valence-corrected chi connectivity index (χ4v) is 2.02. The predicted octanol–water partition coefficient (Wildman–Crippen LogP) is 2.00. The highest BCUT2D eigenvalue weighted by Crippen LogP contribution is 2.18. The molecule has 0 aliphatic carbocycles. The highest BCUT2D eigenvalue weighted by Gasteiger charge is 2.07. The molecule has 0 spiro atoms. The average Bonchev–Trinajstić information content (AvgIpc) is 2.74. The molecule has 0 aromatic carbocycles. The standard InChI is InChI=1S/C10H11N3OS/c1-7(8-2-5-15-6-8)13-9-10(14)12-4-3-11-9/h2-7H,1H3,(H,11,13)(H,12,14). The van der Waals surface area contributed by atoms with E-state index in [0.29, 0.717) is 5.82 Å². The highest BCUT2D eigenvalue weighted by molar-refractivity contribution is 7.07. The molecule has 2 aromatic rings. The molecule has 2 aromatic heterocycles. The monoisotopic (exact) mass is 221 g/mol. The number of nitrogens with one attached hydrogen (secondary N) is 2. The molecule has 0 radical (unpaired) electrons. The molecule has 0 aliphatic heterocycles. The summed E-state index contributed by atoms with van der Waals surface area (Å²) in [6.07, 6.45) is 3.08. The molecule has 0 aliphatic rings. The van der Waals surface area contributed by atoms with Crippen LogP contribution in [0.5, 0.6) is 0 Å². The van der Waals surface area contributed by atoms with Crippen molar-refractivity contribution in [2.75, 3.05) is 5.32 Å². The van der Waals surface area contributed by atoms with Crippen LogP contribution in [0.4, 0.5) is 5.82 Å². The van der Waals surface area contributed by atoms with Crippen molar-refractivity contribution in [2.45, 2.75) is 13.0 Å². The van der Waals surface area contributed by atoms with Gasteiger partial charge >= 0.3 is 0 Å². The molecule has 2 rings (SSSR count). The van der Waals surface area contributed by atoms with Crippen LogP contribution in [-0.2, 0) is 0 Å². The van der Waals surface area contributed by atoms with Gasteiger partial charge < -0.3 is 10.3 Å². The van der Waals surface area contributed by atoms with Crippen molar-refractivity contribution in [3.05, 3.63) is 45.1 Å². The molecule has 0 amide bonds. The van der Waals surface area contributed by atoms with Gasteiger partial charge in [-0.15, -0.1) is 0 Å². The minimum atomic E-state index is -0.195. The summed E-state index contributed by atoms with van der Waals surface area (Å²) in [5.74, 6) is 0.358. The first-order chi connectivity index (χ1) is 7.27. The maximum atomic E-state index is 11.3. The Morgan fingerprint density at radius 2 is 2.47 bits per heavy atom. The van der Waals surface area contributed by atoms with Gasteiger partial charge in [0.15, 0.2) is 5.82 Å². The third kappa shape index (κ3) is 2.24. The van der Waals surface area contributed by atoms with Gasteiger partial charge in [-0.3, -0.25) is 4.79 Å². The molecular formula is C10H11N3OS. The fraction of sp³-hybridized carbons (Fsp3) is 0.200. The first-order valence-electron chi connectivity index (χ1n) is 4.59. The van der Waals surface area contributed by atoms with E-state index in [1.54, 1.807) is 17.5 Å². The highest BCUT2D eigenvalue weighted by atomic mass is 32.1. The molecule has 0 bridgehead atoms. The van der Waals surface area contributed by atoms with Gasteiger partial charge in [0, 0.05) is 12.4 Å². The minimum Gasteiger partial charge on any atom is -0.359 e. The smallest absolute Gasteiger partial charge is 0.290 e. The summed E-state index contributed by atoms with van der Waals surface area (Å²) in [5, 5.41) is 7.12. The number of thiophene rings is 1. The number of anilines is 1. The molecule has 0 fully saturated rings. The number of H-pyrrole nitrogens is 1. The molecule has 5 heteroatoms. The molecule has 1 atom stereocenters. The van der Waals surface area contributed by atoms with E-state index in [1.165, 1.54) is 6.20 Å². The molecule has 2 heterocycles. The normalized spacial score (nSPS) is 12.3. The molecule has 0 saturated heterocycles. The predicted molar refractivity (Wildman–Crippen MR) is 61.2 cm³/mol. The third-order valence-electron chi connectivity index (χ3n) is 2.10. The van der Waals surface area contributed by atoms with Crippen LogP contribution < -0.4 is 10.9 Å². The van der Waals surface area contributed by atoms with Crippen molar-refractivity contribution in [3.63, 3.8) is 0 Å². The zero-order chi connectivity index (χ0) is 10.7. The third-order valence-corrected chi connectivity index (χ3v) is 2.81. The van der Waals surface area contributed by atoms with Crippen LogP contribution in [0.1, 0.15) is 18.5 Å². The van der Waals surface area contributed by atoms with Crippen molar-refractivity contribution >= 4 is 17.2 Å². The topological polar surface area (TPSA) is 57.8 Å². The largest absolute Gasteiger partial charge is 0.359 e. The molecule has 1 unspecified atom stereocenters. The summed E-state index contributed by atoms with van der Waals surface area (Å²) < 4.78 is 0. The van der Waals surface area contributed by atoms with Crippen LogP contribution in [-0.4, -0.2) is 9.97 Å². The second-order valence-electron chi connectivity index (χ2n) is 3.19. The van der Waals surface area contributed by atoms with E-state index in [9.17, 15) is 4.79 Å². The Morgan fingerprint density at radius 3 is 3.13 bits per heavy atom. The Morgan fingerprint density at radius 1 is 1.60 bits per heavy atom. The summed E-state index contributed by atoms with van der Waals surface area (Å²) in [6.45, 7) is 2.00. The Kier molecular flexibility index (Phi) is 2.82. The summed E-state index contributed by atoms with van der Waals surface area (Å²) in [4.78, 5) is 17.9. The van der Waals surface area contributed by atoms with Crippen LogP contribution in [0.2, 0.25) is 0 Å². The van der Waals surface area contributed by atoms with Crippen molar-refractivity contribution in [1.82, 2.24) is 9.97 Å². The fourth-order valence-electron chi connectivity index (χ4n) is 1.26. The lowest BCUT2D eigenvalue weighted by Gasteiger charge is -2.11. The Bertz CT molecular complexity index is 477. The molecule has 0 saturated carbocycles. The number of rotatable bonds is 3. The van der Waals surface area contributed by atoms with Gasteiger partial charge in [0.05, 0.1) is 6.04 Å². The summed E-state index contributed by atoms with van der Waals surface area (Å²) >= 11 is 1.64. The van der Waals surface area contributed by atoms with E-state index in [1.807, 2.05) is 18.4 Å². The van der Waals surface area contributed by atoms with Crippen LogP contribution >= 0.6 is 11.3 Å². The van der Waals surface area contributed by atoms with E-state index in [-0.39, 0.29) is 11.6 Å². The Balaban J connectivity index is 2.16. The van der Waals surface area contributed by atoms with Crippen LogP contribution in [0.3, 0.4) is 0 Å². The zero-order valence-electron chi connectivity index (χ0n) is 8.23. The van der Waals surface area contributed by atoms with E-state index in [4.69, 9.17) is 0 Å². The number of hydrogen-bond acceptors (Lipinski definition) is 4. The van der Waals surface area contributed by atoms with Crippen molar-refractivity contribution in [3.8, 4) is 0 Å². The summed E-state index contributed by atoms with van der Waals surface area (Å²) in [6, 6.07) is 2.12. The van der Waals surface area contributed by atoms with Gasteiger partial charge in [-0.05, 0) is 29.3 Å². The second kappa shape index (κ2) is 4.27. The van der Waals surface area contributed by atoms with E-state index >= 15 is 0 Å². The lowest BCUT2D eigenvalue weighted by Crippen LogP contribution is -2.17. The minimum absolute atomic E-state index is 0.0900. The Labute approximate surface area is 91.0 Å². The first-order valence-corrected chi connectivity index (χ1v) is 5.54. The van der Waals surface area contributed by atoms with Gasteiger partial charge in [0.25, 0.3) is 5.56 Å². The zero-order valence-corrected chi connectivity index (χ0v) is 9.04. The van der Waals surface area contributed by atoms with Crippen molar-refractivity contribution < 1.29 is 0 Å². The maximum Gasteiger partial charge on any atom is 0.290 e. The maximum absolute atomic E-state index is 11.3. The average molecular weight is 221 g/mol. The lowest BCUT2D eigenvalue weighted by molar-refractivity contribution is 0.871. The van der Waals surface area contributed by atoms with E-state index in [0.717, 1.165) is 5.56 Å². The number of aromatic amines is 1. The first kappa shape index (κ1) is 9.92. The van der Waals surface area contributed by atoms with E-state index < -0.39 is 0 Å². The van der Waals surface area contributed by atoms with Crippen LogP contribution in [0.25, 0.3) is 0 Å². The van der Waals surface area contributed by atoms with Gasteiger partial charge in [0.1, 0.15) is 0 Å². The Hall–Kier alpha value is -1.62. The van der Waals surface area contributed by atoms with Gasteiger partial charge in [-0.1, -0.05) is 0 Å². The van der Waals surface area contributed by atoms with Crippen LogP contribution in [0, 0.1) is 0 Å². The summed E-state index contributed by atoms with van der Waals surface area (Å²) in [7, 11) is 0. The van der Waals surface area contributed by atoms with Gasteiger partial charge in [0.2, 0.25) is 0 Å². The summed E-state index contributed by atoms with van der Waals surface area (Å²) in [5.41, 5.74) is 0.963. The van der Waals surface area contributed by atoms with Crippen molar-refractivity contribution in [1.29, 1.82) is 0 Å². The van der Waals surface area contributed by atoms with Gasteiger partial charge in [-0.25, -0.2) is 4.98 Å². The molecule has 15 heavy (non-hydrogen) atoms. The van der Waals surface area contributed by atoms with Gasteiger partial charge in [-0.2, -0.15) is 11.3 Å².